The Hall–Kier alpha value is -0.717. The zero-order valence-electron chi connectivity index (χ0n) is 18.6. The number of hydrogen-bond acceptors (Lipinski definition) is 0. The van der Waals surface area contributed by atoms with Gasteiger partial charge >= 0.3 is 26.2 Å². The summed E-state index contributed by atoms with van der Waals surface area (Å²) in [5, 5.41) is 0. The Morgan fingerprint density at radius 1 is 0.778 bits per heavy atom. The molecule has 0 unspecified atom stereocenters. The molecule has 2 aromatic carbocycles. The fourth-order valence-electron chi connectivity index (χ4n) is 3.03. The molecular formula is C25H35NZr. The van der Waals surface area contributed by atoms with Gasteiger partial charge in [-0.3, -0.25) is 0 Å². The van der Waals surface area contributed by atoms with Crippen LogP contribution in [0.4, 0.5) is 0 Å². The van der Waals surface area contributed by atoms with Gasteiger partial charge < -0.3 is 5.73 Å². The molecule has 1 nitrogen and oxygen atoms in total. The van der Waals surface area contributed by atoms with Crippen LogP contribution in [0.5, 0.6) is 0 Å². The van der Waals surface area contributed by atoms with Crippen molar-refractivity contribution in [3.63, 3.8) is 0 Å². The van der Waals surface area contributed by atoms with Gasteiger partial charge in [-0.15, -0.1) is 16.7 Å². The van der Waals surface area contributed by atoms with Crippen LogP contribution in [0.15, 0.2) is 30.3 Å². The van der Waals surface area contributed by atoms with E-state index < -0.39 is 0 Å². The van der Waals surface area contributed by atoms with E-state index in [4.69, 9.17) is 5.73 Å². The summed E-state index contributed by atoms with van der Waals surface area (Å²) in [6.45, 7) is 19.2. The quantitative estimate of drug-likeness (QED) is 0.323. The van der Waals surface area contributed by atoms with Gasteiger partial charge in [0.05, 0.1) is 0 Å². The standard InChI is InChI=1S/C21H25.C4H10N.Zr/c1-20(2,3)16-7-9-18-14(12-16)11-15-13-17(21(4,5)6)8-10-19(15)18;1-4(2,3)5;/h7-10,12H,11H2,1-6H3;5H,1-3H3;/q2*-1;+2. The molecule has 1 N–H and O–H groups in total. The van der Waals surface area contributed by atoms with E-state index in [0.717, 1.165) is 6.42 Å². The summed E-state index contributed by atoms with van der Waals surface area (Å²) < 4.78 is 0. The third kappa shape index (κ3) is 6.68. The average Bonchev–Trinajstić information content (AvgIpc) is 2.80. The van der Waals surface area contributed by atoms with Gasteiger partial charge in [-0.25, -0.2) is 0 Å². The van der Waals surface area contributed by atoms with E-state index in [2.05, 4.69) is 77.9 Å². The van der Waals surface area contributed by atoms with Crippen LogP contribution < -0.4 is 0 Å². The van der Waals surface area contributed by atoms with E-state index in [1.807, 2.05) is 20.8 Å². The van der Waals surface area contributed by atoms with E-state index >= 15 is 0 Å². The van der Waals surface area contributed by atoms with Crippen LogP contribution in [0.3, 0.4) is 0 Å². The second kappa shape index (κ2) is 8.34. The SMILES string of the molecule is CC(C)(C)[NH-].CC(C)(C)c1[c-]c2c(cc1)-c1ccc(C(C)(C)C)cc1C2.[Zr+2]. The summed E-state index contributed by atoms with van der Waals surface area (Å²) in [6.07, 6.45) is 1.03. The van der Waals surface area contributed by atoms with Crippen LogP contribution in [0.25, 0.3) is 16.9 Å². The number of hydrogen-bond donors (Lipinski definition) is 0. The van der Waals surface area contributed by atoms with Crippen LogP contribution in [0.2, 0.25) is 0 Å². The molecule has 0 bridgehead atoms. The Balaban J connectivity index is 0.000000542. The molecule has 2 aromatic rings. The number of benzene rings is 2. The summed E-state index contributed by atoms with van der Waals surface area (Å²) in [6, 6.07) is 15.2. The van der Waals surface area contributed by atoms with Crippen LogP contribution >= 0.6 is 0 Å². The van der Waals surface area contributed by atoms with Gasteiger partial charge in [-0.1, -0.05) is 86.1 Å². The van der Waals surface area contributed by atoms with Crippen LogP contribution in [0.1, 0.15) is 84.6 Å². The smallest absolute Gasteiger partial charge is 0.673 e. The van der Waals surface area contributed by atoms with Crippen molar-refractivity contribution < 1.29 is 26.2 Å². The summed E-state index contributed by atoms with van der Waals surface area (Å²) >= 11 is 0. The molecule has 0 aromatic heterocycles. The molecule has 0 saturated heterocycles. The molecule has 0 fully saturated rings. The van der Waals surface area contributed by atoms with E-state index in [1.165, 1.54) is 33.4 Å². The van der Waals surface area contributed by atoms with Gasteiger partial charge in [0.25, 0.3) is 0 Å². The molecule has 0 amide bonds. The Morgan fingerprint density at radius 2 is 1.30 bits per heavy atom. The van der Waals surface area contributed by atoms with Crippen molar-refractivity contribution >= 4 is 0 Å². The first kappa shape index (κ1) is 24.3. The molecule has 0 atom stereocenters. The molecule has 2 heteroatoms. The zero-order valence-corrected chi connectivity index (χ0v) is 21.1. The fraction of sp³-hybridized carbons (Fsp3) is 0.520. The first-order chi connectivity index (χ1) is 11.7. The van der Waals surface area contributed by atoms with Crippen molar-refractivity contribution in [2.24, 2.45) is 0 Å². The molecule has 0 radical (unpaired) electrons. The minimum absolute atomic E-state index is 0. The molecule has 0 spiro atoms. The number of fused-ring (bicyclic) bond motifs is 3. The van der Waals surface area contributed by atoms with Crippen molar-refractivity contribution in [1.29, 1.82) is 0 Å². The van der Waals surface area contributed by atoms with Crippen molar-refractivity contribution in [1.82, 2.24) is 0 Å². The van der Waals surface area contributed by atoms with E-state index in [9.17, 15) is 0 Å². The molecule has 0 heterocycles. The summed E-state index contributed by atoms with van der Waals surface area (Å²) in [5.74, 6) is 0. The maximum absolute atomic E-state index is 6.94. The van der Waals surface area contributed by atoms with Gasteiger partial charge in [0.15, 0.2) is 0 Å². The maximum atomic E-state index is 6.94. The molecule has 1 aliphatic rings. The number of nitrogens with one attached hydrogen (secondary N) is 1. The number of rotatable bonds is 0. The first-order valence-corrected chi connectivity index (χ1v) is 9.61. The Morgan fingerprint density at radius 3 is 1.78 bits per heavy atom. The molecule has 27 heavy (non-hydrogen) atoms. The Bertz CT molecular complexity index is 716. The van der Waals surface area contributed by atoms with Gasteiger partial charge in [-0.05, 0) is 28.4 Å². The van der Waals surface area contributed by atoms with Crippen molar-refractivity contribution in [2.75, 3.05) is 0 Å². The molecular weight excluding hydrogens is 406 g/mol. The van der Waals surface area contributed by atoms with Gasteiger partial charge in [-0.2, -0.15) is 23.8 Å². The molecule has 144 valence electrons. The van der Waals surface area contributed by atoms with Crippen LogP contribution in [-0.4, -0.2) is 5.54 Å². The minimum atomic E-state index is -0.250. The topological polar surface area (TPSA) is 23.8 Å². The predicted octanol–water partition coefficient (Wildman–Crippen LogP) is 7.49. The van der Waals surface area contributed by atoms with Gasteiger partial charge in [0.2, 0.25) is 0 Å². The first-order valence-electron chi connectivity index (χ1n) is 9.61. The van der Waals surface area contributed by atoms with E-state index in [1.54, 1.807) is 0 Å². The molecule has 0 saturated carbocycles. The van der Waals surface area contributed by atoms with E-state index in [0.29, 0.717) is 0 Å². The maximum Gasteiger partial charge on any atom is 2.00 e. The third-order valence-corrected chi connectivity index (χ3v) is 4.46. The van der Waals surface area contributed by atoms with Crippen molar-refractivity contribution in [2.45, 2.75) is 85.1 Å². The molecule has 0 aliphatic heterocycles. The molecule has 3 rings (SSSR count). The van der Waals surface area contributed by atoms with Crippen molar-refractivity contribution in [3.8, 4) is 11.1 Å². The molecule has 1 aliphatic carbocycles. The van der Waals surface area contributed by atoms with Crippen LogP contribution in [0, 0.1) is 6.07 Å². The third-order valence-electron chi connectivity index (χ3n) is 4.46. The van der Waals surface area contributed by atoms with Crippen molar-refractivity contribution in [3.05, 3.63) is 64.4 Å². The summed E-state index contributed by atoms with van der Waals surface area (Å²) in [4.78, 5) is 0. The second-order valence-corrected chi connectivity index (χ2v) is 10.6. The fourth-order valence-corrected chi connectivity index (χ4v) is 3.03. The summed E-state index contributed by atoms with van der Waals surface area (Å²) in [7, 11) is 0. The minimum Gasteiger partial charge on any atom is -0.673 e. The van der Waals surface area contributed by atoms with Crippen LogP contribution in [-0.2, 0) is 43.5 Å². The predicted molar refractivity (Wildman–Crippen MR) is 115 cm³/mol. The average molecular weight is 441 g/mol. The van der Waals surface area contributed by atoms with Gasteiger partial charge in [0.1, 0.15) is 0 Å². The Labute approximate surface area is 186 Å². The van der Waals surface area contributed by atoms with E-state index in [-0.39, 0.29) is 42.6 Å². The normalized spacial score (nSPS) is 13.1. The van der Waals surface area contributed by atoms with Gasteiger partial charge in [0, 0.05) is 0 Å². The second-order valence-electron chi connectivity index (χ2n) is 10.6. The zero-order chi connectivity index (χ0) is 19.9. The largest absolute Gasteiger partial charge is 2.00 e. The summed E-state index contributed by atoms with van der Waals surface area (Å²) in [5.41, 5.74) is 15.4. The Kier molecular flexibility index (Phi) is 7.51. The monoisotopic (exact) mass is 439 g/mol.